The molecule has 0 spiro atoms. The third kappa shape index (κ3) is 4.54. The molecule has 0 atom stereocenters. The van der Waals surface area contributed by atoms with Crippen LogP contribution in [0.5, 0.6) is 0 Å². The van der Waals surface area contributed by atoms with Crippen molar-refractivity contribution < 1.29 is 9.05 Å². The maximum Gasteiger partial charge on any atom is 0.223 e. The van der Waals surface area contributed by atoms with Gasteiger partial charge in [0.15, 0.2) is 11.8 Å². The molecule has 2 rings (SSSR count). The average Bonchev–Trinajstić information content (AvgIpc) is 3.15. The lowest BCUT2D eigenvalue weighted by Crippen LogP contribution is -2.37. The number of nitrogens with one attached hydrogen (secondary N) is 2. The van der Waals surface area contributed by atoms with Crippen molar-refractivity contribution in [1.82, 2.24) is 25.9 Å². The van der Waals surface area contributed by atoms with Crippen molar-refractivity contribution in [2.24, 2.45) is 4.99 Å². The van der Waals surface area contributed by atoms with E-state index in [1.165, 1.54) is 0 Å². The summed E-state index contributed by atoms with van der Waals surface area (Å²) in [6.07, 6.45) is 1.64. The standard InChI is InChI=1S/C15H24N6O2/c1-5-12-11(13(6-2)23-20-12)8-17-15(16-7-3)18-9-14-19-10(4)22-21-14/h5-9H2,1-4H3,(H2,16,17,18). The van der Waals surface area contributed by atoms with Crippen LogP contribution in [0.25, 0.3) is 0 Å². The van der Waals surface area contributed by atoms with Crippen LogP contribution < -0.4 is 10.6 Å². The van der Waals surface area contributed by atoms with E-state index in [4.69, 9.17) is 9.05 Å². The second kappa shape index (κ2) is 8.30. The van der Waals surface area contributed by atoms with Crippen LogP contribution in [0.3, 0.4) is 0 Å². The summed E-state index contributed by atoms with van der Waals surface area (Å²) in [5.74, 6) is 2.74. The highest BCUT2D eigenvalue weighted by Gasteiger charge is 2.13. The van der Waals surface area contributed by atoms with Gasteiger partial charge < -0.3 is 19.7 Å². The van der Waals surface area contributed by atoms with Gasteiger partial charge in [-0.1, -0.05) is 24.2 Å². The third-order valence-corrected chi connectivity index (χ3v) is 3.33. The molecule has 0 unspecified atom stereocenters. The van der Waals surface area contributed by atoms with Crippen LogP contribution in [0.15, 0.2) is 14.0 Å². The summed E-state index contributed by atoms with van der Waals surface area (Å²) in [4.78, 5) is 8.76. The Morgan fingerprint density at radius 1 is 1.09 bits per heavy atom. The first kappa shape index (κ1) is 17.0. The first-order valence-electron chi connectivity index (χ1n) is 7.95. The Morgan fingerprint density at radius 3 is 2.52 bits per heavy atom. The Morgan fingerprint density at radius 2 is 1.91 bits per heavy atom. The average molecular weight is 320 g/mol. The fourth-order valence-corrected chi connectivity index (χ4v) is 2.19. The Labute approximate surface area is 135 Å². The van der Waals surface area contributed by atoms with Crippen LogP contribution in [0, 0.1) is 6.92 Å². The van der Waals surface area contributed by atoms with Crippen LogP contribution >= 0.6 is 0 Å². The first-order valence-corrected chi connectivity index (χ1v) is 7.95. The monoisotopic (exact) mass is 320 g/mol. The van der Waals surface area contributed by atoms with Gasteiger partial charge in [-0.05, 0) is 13.3 Å². The SMILES string of the molecule is CCNC(=NCc1c(CC)noc1CC)NCc1noc(C)n1. The second-order valence-corrected chi connectivity index (χ2v) is 5.02. The van der Waals surface area contributed by atoms with E-state index in [1.54, 1.807) is 6.92 Å². The van der Waals surface area contributed by atoms with E-state index in [0.29, 0.717) is 30.8 Å². The Kier molecular flexibility index (Phi) is 6.13. The molecule has 0 radical (unpaired) electrons. The molecule has 8 heteroatoms. The summed E-state index contributed by atoms with van der Waals surface area (Å²) in [6, 6.07) is 0. The molecule has 0 aromatic carbocycles. The number of hydrogen-bond donors (Lipinski definition) is 2. The molecular formula is C15H24N6O2. The number of rotatable bonds is 7. The molecule has 2 N–H and O–H groups in total. The molecule has 0 aliphatic carbocycles. The van der Waals surface area contributed by atoms with Crippen molar-refractivity contribution in [2.75, 3.05) is 6.54 Å². The number of guanidine groups is 1. The van der Waals surface area contributed by atoms with Crippen molar-refractivity contribution >= 4 is 5.96 Å². The number of hydrogen-bond acceptors (Lipinski definition) is 6. The Hall–Kier alpha value is -2.38. The zero-order chi connectivity index (χ0) is 16.7. The molecule has 0 fully saturated rings. The summed E-state index contributed by atoms with van der Waals surface area (Å²) in [5.41, 5.74) is 2.04. The highest BCUT2D eigenvalue weighted by molar-refractivity contribution is 5.79. The predicted octanol–water partition coefficient (Wildman–Crippen LogP) is 1.75. The normalized spacial score (nSPS) is 11.7. The Balaban J connectivity index is 2.04. The summed E-state index contributed by atoms with van der Waals surface area (Å²) in [7, 11) is 0. The van der Waals surface area contributed by atoms with E-state index in [9.17, 15) is 0 Å². The van der Waals surface area contributed by atoms with E-state index < -0.39 is 0 Å². The minimum Gasteiger partial charge on any atom is -0.361 e. The van der Waals surface area contributed by atoms with Gasteiger partial charge in [-0.2, -0.15) is 4.98 Å². The zero-order valence-electron chi connectivity index (χ0n) is 14.1. The van der Waals surface area contributed by atoms with Crippen molar-refractivity contribution in [3.05, 3.63) is 28.7 Å². The van der Waals surface area contributed by atoms with Crippen molar-refractivity contribution in [2.45, 2.75) is 53.6 Å². The van der Waals surface area contributed by atoms with Crippen molar-refractivity contribution in [1.29, 1.82) is 0 Å². The number of aryl methyl sites for hydroxylation is 3. The topological polar surface area (TPSA) is 101 Å². The molecule has 8 nitrogen and oxygen atoms in total. The predicted molar refractivity (Wildman–Crippen MR) is 85.9 cm³/mol. The summed E-state index contributed by atoms with van der Waals surface area (Å²) in [6.45, 7) is 9.64. The summed E-state index contributed by atoms with van der Waals surface area (Å²) < 4.78 is 10.3. The van der Waals surface area contributed by atoms with Gasteiger partial charge in [-0.15, -0.1) is 0 Å². The molecule has 2 aromatic rings. The van der Waals surface area contributed by atoms with Crippen molar-refractivity contribution in [3.63, 3.8) is 0 Å². The largest absolute Gasteiger partial charge is 0.361 e. The molecule has 2 heterocycles. The van der Waals surface area contributed by atoms with Gasteiger partial charge in [0.2, 0.25) is 5.89 Å². The van der Waals surface area contributed by atoms with Gasteiger partial charge in [0.1, 0.15) is 5.76 Å². The van der Waals surface area contributed by atoms with Crippen LogP contribution in [0.2, 0.25) is 0 Å². The lowest BCUT2D eigenvalue weighted by Gasteiger charge is -2.09. The van der Waals surface area contributed by atoms with Gasteiger partial charge in [-0.25, -0.2) is 4.99 Å². The number of aromatic nitrogens is 3. The molecule has 0 bridgehead atoms. The van der Waals surface area contributed by atoms with Gasteiger partial charge in [0.05, 0.1) is 18.8 Å². The molecular weight excluding hydrogens is 296 g/mol. The molecule has 23 heavy (non-hydrogen) atoms. The highest BCUT2D eigenvalue weighted by Crippen LogP contribution is 2.16. The molecule has 126 valence electrons. The number of nitrogens with zero attached hydrogens (tertiary/aromatic N) is 4. The van der Waals surface area contributed by atoms with Gasteiger partial charge >= 0.3 is 0 Å². The van der Waals surface area contributed by atoms with Crippen LogP contribution in [0.4, 0.5) is 0 Å². The van der Waals surface area contributed by atoms with Gasteiger partial charge in [-0.3, -0.25) is 0 Å². The minimum atomic E-state index is 0.452. The van der Waals surface area contributed by atoms with E-state index in [1.807, 2.05) is 6.92 Å². The van der Waals surface area contributed by atoms with Crippen LogP contribution in [-0.2, 0) is 25.9 Å². The fourth-order valence-electron chi connectivity index (χ4n) is 2.19. The molecule has 0 aliphatic rings. The van der Waals surface area contributed by atoms with E-state index in [0.717, 1.165) is 36.4 Å². The zero-order valence-corrected chi connectivity index (χ0v) is 14.1. The lowest BCUT2D eigenvalue weighted by atomic mass is 10.1. The van der Waals surface area contributed by atoms with E-state index >= 15 is 0 Å². The summed E-state index contributed by atoms with van der Waals surface area (Å²) >= 11 is 0. The number of aliphatic imine (C=N–C) groups is 1. The maximum atomic E-state index is 5.37. The minimum absolute atomic E-state index is 0.452. The van der Waals surface area contributed by atoms with E-state index in [-0.39, 0.29) is 0 Å². The molecule has 0 saturated carbocycles. The fraction of sp³-hybridized carbons (Fsp3) is 0.600. The summed E-state index contributed by atoms with van der Waals surface area (Å²) in [5, 5.41) is 14.4. The lowest BCUT2D eigenvalue weighted by molar-refractivity contribution is 0.380. The quantitative estimate of drug-likeness (QED) is 0.592. The van der Waals surface area contributed by atoms with Gasteiger partial charge in [0, 0.05) is 25.5 Å². The Bertz CT molecular complexity index is 625. The second-order valence-electron chi connectivity index (χ2n) is 5.02. The van der Waals surface area contributed by atoms with Crippen molar-refractivity contribution in [3.8, 4) is 0 Å². The third-order valence-electron chi connectivity index (χ3n) is 3.33. The first-order chi connectivity index (χ1) is 11.2. The molecule has 0 amide bonds. The van der Waals surface area contributed by atoms with Gasteiger partial charge in [0.25, 0.3) is 0 Å². The molecule has 0 aliphatic heterocycles. The smallest absolute Gasteiger partial charge is 0.223 e. The maximum absolute atomic E-state index is 5.37. The molecule has 0 saturated heterocycles. The molecule has 2 aromatic heterocycles. The van der Waals surface area contributed by atoms with Crippen LogP contribution in [0.1, 0.15) is 49.5 Å². The highest BCUT2D eigenvalue weighted by atomic mass is 16.5. The van der Waals surface area contributed by atoms with Crippen LogP contribution in [-0.4, -0.2) is 27.8 Å². The van der Waals surface area contributed by atoms with E-state index in [2.05, 4.69) is 44.8 Å².